The SMILES string of the molecule is CCC(CCN)C(=O)N1CCC(Oc2cc(C3=CC=CC(C#N)C3)cc3c2=CNCC=3)CC1. The van der Waals surface area contributed by atoms with Crippen LogP contribution in [-0.4, -0.2) is 43.1 Å². The Kier molecular flexibility index (Phi) is 7.51. The van der Waals surface area contributed by atoms with Gasteiger partial charge in [0.25, 0.3) is 0 Å². The smallest absolute Gasteiger partial charge is 0.225 e. The Hall–Kier alpha value is -3.04. The second kappa shape index (κ2) is 10.7. The van der Waals surface area contributed by atoms with Crippen LogP contribution in [0.1, 0.15) is 44.6 Å². The van der Waals surface area contributed by atoms with Gasteiger partial charge in [0.15, 0.2) is 0 Å². The molecule has 33 heavy (non-hydrogen) atoms. The van der Waals surface area contributed by atoms with Gasteiger partial charge in [0.2, 0.25) is 5.91 Å². The summed E-state index contributed by atoms with van der Waals surface area (Å²) in [5.74, 6) is 1.05. The highest BCUT2D eigenvalue weighted by atomic mass is 16.5. The van der Waals surface area contributed by atoms with Crippen molar-refractivity contribution >= 4 is 23.8 Å². The molecule has 4 rings (SSSR count). The van der Waals surface area contributed by atoms with Crippen LogP contribution in [0.15, 0.2) is 30.4 Å². The van der Waals surface area contributed by atoms with E-state index in [0.717, 1.165) is 79.1 Å². The number of allylic oxidation sites excluding steroid dienone is 4. The molecule has 1 aromatic rings. The van der Waals surface area contributed by atoms with Crippen molar-refractivity contribution in [3.63, 3.8) is 0 Å². The number of benzene rings is 1. The summed E-state index contributed by atoms with van der Waals surface area (Å²) >= 11 is 0. The number of carbonyl (C=O) groups excluding carboxylic acids is 1. The highest BCUT2D eigenvalue weighted by Gasteiger charge is 2.28. The predicted octanol–water partition coefficient (Wildman–Crippen LogP) is 2.04. The van der Waals surface area contributed by atoms with Crippen LogP contribution in [-0.2, 0) is 4.79 Å². The lowest BCUT2D eigenvalue weighted by molar-refractivity contribution is -0.137. The lowest BCUT2D eigenvalue weighted by Gasteiger charge is -2.34. The minimum Gasteiger partial charge on any atom is -0.490 e. The first-order chi connectivity index (χ1) is 16.1. The number of piperidine rings is 1. The van der Waals surface area contributed by atoms with Crippen molar-refractivity contribution in [2.45, 2.75) is 45.1 Å². The van der Waals surface area contributed by atoms with Gasteiger partial charge < -0.3 is 20.7 Å². The predicted molar refractivity (Wildman–Crippen MR) is 131 cm³/mol. The van der Waals surface area contributed by atoms with Crippen LogP contribution in [0.2, 0.25) is 0 Å². The Morgan fingerprint density at radius 1 is 1.36 bits per heavy atom. The van der Waals surface area contributed by atoms with Crippen LogP contribution in [0, 0.1) is 23.2 Å². The van der Waals surface area contributed by atoms with E-state index in [9.17, 15) is 10.1 Å². The highest BCUT2D eigenvalue weighted by Crippen LogP contribution is 2.28. The molecule has 1 aliphatic carbocycles. The van der Waals surface area contributed by atoms with Crippen molar-refractivity contribution in [1.82, 2.24) is 10.2 Å². The summed E-state index contributed by atoms with van der Waals surface area (Å²) in [5.41, 5.74) is 7.97. The topological polar surface area (TPSA) is 91.4 Å². The number of nitrogens with one attached hydrogen (secondary N) is 1. The molecule has 0 radical (unpaired) electrons. The van der Waals surface area contributed by atoms with Crippen LogP contribution in [0.4, 0.5) is 0 Å². The fraction of sp³-hybridized carbons (Fsp3) is 0.481. The third-order valence-corrected chi connectivity index (χ3v) is 6.88. The molecule has 1 fully saturated rings. The number of hydrogen-bond acceptors (Lipinski definition) is 5. The maximum absolute atomic E-state index is 12.8. The van der Waals surface area contributed by atoms with Crippen molar-refractivity contribution in [2.24, 2.45) is 17.6 Å². The van der Waals surface area contributed by atoms with Crippen LogP contribution in [0.3, 0.4) is 0 Å². The number of hydrogen-bond donors (Lipinski definition) is 2. The Labute approximate surface area is 196 Å². The molecule has 1 saturated heterocycles. The van der Waals surface area contributed by atoms with E-state index >= 15 is 0 Å². The average Bonchev–Trinajstić information content (AvgIpc) is 2.87. The Bertz CT molecular complexity index is 1090. The standard InChI is InChI=1S/C27H34N4O2/c1-2-20(6-10-28)27(32)31-12-8-24(9-13-31)33-26-16-23(15-22-7-11-30-18-25(22)26)21-5-3-4-19(14-21)17-29/h3-5,7,15-16,18-20,24,30H,2,6,8-14,28H2,1H3. The second-order valence-electron chi connectivity index (χ2n) is 9.08. The number of nitrogens with two attached hydrogens (primary N) is 1. The Morgan fingerprint density at radius 2 is 2.18 bits per heavy atom. The van der Waals surface area contributed by atoms with Crippen LogP contribution >= 0.6 is 0 Å². The fourth-order valence-electron chi connectivity index (χ4n) is 4.90. The molecule has 0 spiro atoms. The van der Waals surface area contributed by atoms with Gasteiger partial charge in [-0.05, 0) is 54.3 Å². The molecule has 0 aromatic heterocycles. The first-order valence-electron chi connectivity index (χ1n) is 12.1. The summed E-state index contributed by atoms with van der Waals surface area (Å²) in [6.45, 7) is 4.84. The summed E-state index contributed by atoms with van der Waals surface area (Å²) < 4.78 is 6.54. The van der Waals surface area contributed by atoms with E-state index in [2.05, 4.69) is 42.6 Å². The fourth-order valence-corrected chi connectivity index (χ4v) is 4.90. The maximum atomic E-state index is 12.8. The lowest BCUT2D eigenvalue weighted by Crippen LogP contribution is -2.45. The van der Waals surface area contributed by atoms with Crippen molar-refractivity contribution in [3.8, 4) is 11.8 Å². The van der Waals surface area contributed by atoms with Gasteiger partial charge in [-0.3, -0.25) is 4.79 Å². The zero-order chi connectivity index (χ0) is 23.2. The van der Waals surface area contributed by atoms with E-state index in [4.69, 9.17) is 10.5 Å². The van der Waals surface area contributed by atoms with E-state index in [1.165, 1.54) is 0 Å². The minimum atomic E-state index is -0.0873. The summed E-state index contributed by atoms with van der Waals surface area (Å²) in [6, 6.07) is 6.67. The van der Waals surface area contributed by atoms with Crippen molar-refractivity contribution < 1.29 is 9.53 Å². The van der Waals surface area contributed by atoms with Crippen LogP contribution in [0.25, 0.3) is 17.8 Å². The summed E-state index contributed by atoms with van der Waals surface area (Å²) in [7, 11) is 0. The minimum absolute atomic E-state index is 0.0300. The zero-order valence-corrected chi connectivity index (χ0v) is 19.4. The van der Waals surface area contributed by atoms with Gasteiger partial charge in [0.05, 0.1) is 12.0 Å². The molecule has 3 N–H and O–H groups in total. The van der Waals surface area contributed by atoms with Gasteiger partial charge in [-0.15, -0.1) is 0 Å². The Morgan fingerprint density at radius 3 is 2.91 bits per heavy atom. The van der Waals surface area contributed by atoms with E-state index < -0.39 is 0 Å². The molecule has 6 nitrogen and oxygen atoms in total. The zero-order valence-electron chi connectivity index (χ0n) is 19.4. The van der Waals surface area contributed by atoms with Crippen LogP contribution in [0.5, 0.6) is 5.75 Å². The number of fused-ring (bicyclic) bond motifs is 1. The van der Waals surface area contributed by atoms with E-state index in [-0.39, 0.29) is 23.8 Å². The molecule has 1 amide bonds. The van der Waals surface area contributed by atoms with Gasteiger partial charge in [-0.1, -0.05) is 31.2 Å². The number of ether oxygens (including phenoxy) is 1. The van der Waals surface area contributed by atoms with Gasteiger partial charge in [-0.25, -0.2) is 0 Å². The lowest BCUT2D eigenvalue weighted by atomic mass is 9.90. The number of nitrogens with zero attached hydrogens (tertiary/aromatic N) is 2. The van der Waals surface area contributed by atoms with Gasteiger partial charge >= 0.3 is 0 Å². The largest absolute Gasteiger partial charge is 0.490 e. The van der Waals surface area contributed by atoms with E-state index in [1.807, 2.05) is 23.3 Å². The molecule has 3 aliphatic rings. The molecule has 2 heterocycles. The third-order valence-electron chi connectivity index (χ3n) is 6.88. The average molecular weight is 447 g/mol. The third kappa shape index (κ3) is 5.31. The first-order valence-corrected chi connectivity index (χ1v) is 12.1. The summed E-state index contributed by atoms with van der Waals surface area (Å²) in [4.78, 5) is 14.8. The monoisotopic (exact) mass is 446 g/mol. The molecular weight excluding hydrogens is 412 g/mol. The molecule has 2 aliphatic heterocycles. The number of rotatable bonds is 7. The van der Waals surface area contributed by atoms with Gasteiger partial charge in [0.1, 0.15) is 11.9 Å². The van der Waals surface area contributed by atoms with Crippen molar-refractivity contribution in [2.75, 3.05) is 26.2 Å². The molecule has 174 valence electrons. The van der Waals surface area contributed by atoms with Crippen molar-refractivity contribution in [1.29, 1.82) is 5.26 Å². The van der Waals surface area contributed by atoms with E-state index in [1.54, 1.807) is 0 Å². The highest BCUT2D eigenvalue weighted by molar-refractivity contribution is 5.79. The number of likely N-dealkylation sites (tertiary alicyclic amines) is 1. The van der Waals surface area contributed by atoms with Crippen LogP contribution < -0.4 is 26.2 Å². The summed E-state index contributed by atoms with van der Waals surface area (Å²) in [6.07, 6.45) is 14.3. The first kappa shape index (κ1) is 23.1. The normalized spacial score (nSPS) is 20.9. The molecule has 6 heteroatoms. The molecule has 1 aromatic carbocycles. The van der Waals surface area contributed by atoms with Gasteiger partial charge in [-0.2, -0.15) is 5.26 Å². The Balaban J connectivity index is 1.50. The summed E-state index contributed by atoms with van der Waals surface area (Å²) in [5, 5.41) is 14.9. The molecule has 2 atom stereocenters. The number of nitriles is 1. The molecule has 2 unspecified atom stereocenters. The molecule has 0 bridgehead atoms. The quantitative estimate of drug-likeness (QED) is 0.669. The maximum Gasteiger partial charge on any atom is 0.225 e. The molecular formula is C27H34N4O2. The second-order valence-corrected chi connectivity index (χ2v) is 9.08. The van der Waals surface area contributed by atoms with Gasteiger partial charge in [0, 0.05) is 49.8 Å². The number of amides is 1. The van der Waals surface area contributed by atoms with Crippen molar-refractivity contribution in [3.05, 3.63) is 46.4 Å². The van der Waals surface area contributed by atoms with E-state index in [0.29, 0.717) is 6.54 Å². The molecule has 0 saturated carbocycles. The number of carbonyl (C=O) groups is 1.